The molecule has 2 rings (SSSR count). The summed E-state index contributed by atoms with van der Waals surface area (Å²) in [7, 11) is 0. The second kappa shape index (κ2) is 6.72. The molecule has 20 heavy (non-hydrogen) atoms. The van der Waals surface area contributed by atoms with Gasteiger partial charge in [0.15, 0.2) is 0 Å². The van der Waals surface area contributed by atoms with Crippen molar-refractivity contribution in [2.24, 2.45) is 5.73 Å². The number of amides is 2. The van der Waals surface area contributed by atoms with Gasteiger partial charge in [0.05, 0.1) is 6.54 Å². The molecule has 1 aliphatic rings. The standard InChI is InChI=1S/C14H18ClN3O2/c15-11-3-1-10(2-4-11)14(20)17-9-13(19)18-7-5-12(16)6-8-18/h1-4,12H,5-9,16H2,(H,17,20). The van der Waals surface area contributed by atoms with Crippen LogP contribution in [0.4, 0.5) is 0 Å². The predicted molar refractivity (Wildman–Crippen MR) is 77.6 cm³/mol. The molecule has 108 valence electrons. The molecular weight excluding hydrogens is 278 g/mol. The smallest absolute Gasteiger partial charge is 0.251 e. The van der Waals surface area contributed by atoms with Gasteiger partial charge in [0.1, 0.15) is 0 Å². The number of nitrogens with one attached hydrogen (secondary N) is 1. The molecule has 0 saturated carbocycles. The number of nitrogens with zero attached hydrogens (tertiary/aromatic N) is 1. The summed E-state index contributed by atoms with van der Waals surface area (Å²) in [6.07, 6.45) is 1.63. The van der Waals surface area contributed by atoms with E-state index in [0.29, 0.717) is 23.7 Å². The number of nitrogens with two attached hydrogens (primary N) is 1. The molecule has 6 heteroatoms. The first-order chi connectivity index (χ1) is 9.56. The summed E-state index contributed by atoms with van der Waals surface area (Å²) in [5, 5.41) is 3.19. The zero-order chi connectivity index (χ0) is 14.5. The summed E-state index contributed by atoms with van der Waals surface area (Å²) < 4.78 is 0. The maximum absolute atomic E-state index is 11.9. The highest BCUT2D eigenvalue weighted by atomic mass is 35.5. The number of benzene rings is 1. The third-order valence-electron chi connectivity index (χ3n) is 3.40. The number of hydrogen-bond donors (Lipinski definition) is 2. The van der Waals surface area contributed by atoms with E-state index in [1.54, 1.807) is 29.2 Å². The molecule has 3 N–H and O–H groups in total. The van der Waals surface area contributed by atoms with Gasteiger partial charge in [0, 0.05) is 29.7 Å². The average Bonchev–Trinajstić information content (AvgIpc) is 2.46. The second-order valence-corrected chi connectivity index (χ2v) is 5.34. The molecule has 2 amide bonds. The van der Waals surface area contributed by atoms with Crippen LogP contribution in [0.5, 0.6) is 0 Å². The number of piperidine rings is 1. The maximum atomic E-state index is 11.9. The molecule has 0 radical (unpaired) electrons. The fourth-order valence-corrected chi connectivity index (χ4v) is 2.25. The lowest BCUT2D eigenvalue weighted by molar-refractivity contribution is -0.131. The Morgan fingerprint density at radius 2 is 1.85 bits per heavy atom. The summed E-state index contributed by atoms with van der Waals surface area (Å²) in [5.74, 6) is -0.344. The van der Waals surface area contributed by atoms with E-state index in [9.17, 15) is 9.59 Å². The van der Waals surface area contributed by atoms with Crippen molar-refractivity contribution in [1.29, 1.82) is 0 Å². The Morgan fingerprint density at radius 1 is 1.25 bits per heavy atom. The lowest BCUT2D eigenvalue weighted by Gasteiger charge is -2.30. The Morgan fingerprint density at radius 3 is 2.45 bits per heavy atom. The van der Waals surface area contributed by atoms with E-state index in [-0.39, 0.29) is 24.4 Å². The Bertz CT molecular complexity index is 482. The molecular formula is C14H18ClN3O2. The highest BCUT2D eigenvalue weighted by Gasteiger charge is 2.20. The molecule has 1 aliphatic heterocycles. The SMILES string of the molecule is NC1CCN(C(=O)CNC(=O)c2ccc(Cl)cc2)CC1. The summed E-state index contributed by atoms with van der Waals surface area (Å²) in [6.45, 7) is 1.34. The van der Waals surface area contributed by atoms with Crippen LogP contribution in [0.2, 0.25) is 5.02 Å². The second-order valence-electron chi connectivity index (χ2n) is 4.91. The predicted octanol–water partition coefficient (Wildman–Crippen LogP) is 1.02. The van der Waals surface area contributed by atoms with Gasteiger partial charge in [-0.25, -0.2) is 0 Å². The Labute approximate surface area is 123 Å². The van der Waals surface area contributed by atoms with Crippen LogP contribution in [0.15, 0.2) is 24.3 Å². The lowest BCUT2D eigenvalue weighted by atomic mass is 10.1. The summed E-state index contributed by atoms with van der Waals surface area (Å²) in [4.78, 5) is 25.5. The number of carbonyl (C=O) groups excluding carboxylic acids is 2. The van der Waals surface area contributed by atoms with Gasteiger partial charge < -0.3 is 16.0 Å². The molecule has 1 heterocycles. The number of carbonyl (C=O) groups is 2. The minimum Gasteiger partial charge on any atom is -0.343 e. The van der Waals surface area contributed by atoms with Gasteiger partial charge in [0.25, 0.3) is 5.91 Å². The summed E-state index contributed by atoms with van der Waals surface area (Å²) >= 11 is 5.75. The molecule has 0 unspecified atom stereocenters. The third-order valence-corrected chi connectivity index (χ3v) is 3.65. The molecule has 1 aromatic rings. The number of hydrogen-bond acceptors (Lipinski definition) is 3. The van der Waals surface area contributed by atoms with Gasteiger partial charge in [-0.3, -0.25) is 9.59 Å². The van der Waals surface area contributed by atoms with Gasteiger partial charge in [-0.15, -0.1) is 0 Å². The number of halogens is 1. The van der Waals surface area contributed by atoms with Gasteiger partial charge in [-0.2, -0.15) is 0 Å². The minimum atomic E-state index is -0.274. The van der Waals surface area contributed by atoms with Gasteiger partial charge in [0.2, 0.25) is 5.91 Å². The van der Waals surface area contributed by atoms with Crippen LogP contribution in [0.1, 0.15) is 23.2 Å². The van der Waals surface area contributed by atoms with E-state index in [0.717, 1.165) is 12.8 Å². The molecule has 0 aliphatic carbocycles. The molecule has 1 saturated heterocycles. The largest absolute Gasteiger partial charge is 0.343 e. The Kier molecular flexibility index (Phi) is 4.98. The van der Waals surface area contributed by atoms with Crippen molar-refractivity contribution in [3.05, 3.63) is 34.9 Å². The normalized spacial score (nSPS) is 16.0. The fourth-order valence-electron chi connectivity index (χ4n) is 2.12. The number of likely N-dealkylation sites (tertiary alicyclic amines) is 1. The van der Waals surface area contributed by atoms with Crippen molar-refractivity contribution in [3.63, 3.8) is 0 Å². The van der Waals surface area contributed by atoms with E-state index >= 15 is 0 Å². The van der Waals surface area contributed by atoms with Crippen molar-refractivity contribution in [2.75, 3.05) is 19.6 Å². The minimum absolute atomic E-state index is 0.0106. The zero-order valence-electron chi connectivity index (χ0n) is 11.1. The maximum Gasteiger partial charge on any atom is 0.251 e. The number of rotatable bonds is 3. The molecule has 0 bridgehead atoms. The van der Waals surface area contributed by atoms with Gasteiger partial charge in [-0.05, 0) is 37.1 Å². The molecule has 1 fully saturated rings. The Balaban J connectivity index is 1.81. The van der Waals surface area contributed by atoms with Gasteiger partial charge in [-0.1, -0.05) is 11.6 Å². The topological polar surface area (TPSA) is 75.4 Å². The van der Waals surface area contributed by atoms with Gasteiger partial charge >= 0.3 is 0 Å². The quantitative estimate of drug-likeness (QED) is 0.874. The van der Waals surface area contributed by atoms with E-state index in [4.69, 9.17) is 17.3 Å². The lowest BCUT2D eigenvalue weighted by Crippen LogP contribution is -2.46. The summed E-state index contributed by atoms with van der Waals surface area (Å²) in [5.41, 5.74) is 6.28. The van der Waals surface area contributed by atoms with Crippen molar-refractivity contribution >= 4 is 23.4 Å². The monoisotopic (exact) mass is 295 g/mol. The molecule has 1 aromatic carbocycles. The molecule has 0 atom stereocenters. The van der Waals surface area contributed by atoms with Crippen LogP contribution < -0.4 is 11.1 Å². The first-order valence-corrected chi connectivity index (χ1v) is 7.01. The third kappa shape index (κ3) is 3.95. The van der Waals surface area contributed by atoms with E-state index in [1.807, 2.05) is 0 Å². The van der Waals surface area contributed by atoms with Crippen molar-refractivity contribution in [1.82, 2.24) is 10.2 Å². The highest BCUT2D eigenvalue weighted by molar-refractivity contribution is 6.30. The van der Waals surface area contributed by atoms with Crippen LogP contribution in [-0.4, -0.2) is 42.4 Å². The van der Waals surface area contributed by atoms with Crippen LogP contribution in [-0.2, 0) is 4.79 Å². The van der Waals surface area contributed by atoms with Crippen LogP contribution in [0.25, 0.3) is 0 Å². The van der Waals surface area contributed by atoms with Crippen molar-refractivity contribution in [3.8, 4) is 0 Å². The molecule has 0 spiro atoms. The molecule has 5 nitrogen and oxygen atoms in total. The zero-order valence-corrected chi connectivity index (χ0v) is 11.9. The first kappa shape index (κ1) is 14.8. The Hall–Kier alpha value is -1.59. The first-order valence-electron chi connectivity index (χ1n) is 6.63. The summed E-state index contributed by atoms with van der Waals surface area (Å²) in [6, 6.07) is 6.72. The van der Waals surface area contributed by atoms with E-state index in [2.05, 4.69) is 5.32 Å². The van der Waals surface area contributed by atoms with E-state index in [1.165, 1.54) is 0 Å². The molecule has 0 aromatic heterocycles. The van der Waals surface area contributed by atoms with Crippen molar-refractivity contribution < 1.29 is 9.59 Å². The highest BCUT2D eigenvalue weighted by Crippen LogP contribution is 2.10. The van der Waals surface area contributed by atoms with Crippen molar-refractivity contribution in [2.45, 2.75) is 18.9 Å². The van der Waals surface area contributed by atoms with Crippen LogP contribution in [0.3, 0.4) is 0 Å². The van der Waals surface area contributed by atoms with E-state index < -0.39 is 0 Å². The van der Waals surface area contributed by atoms with Crippen LogP contribution in [0, 0.1) is 0 Å². The fraction of sp³-hybridized carbons (Fsp3) is 0.429. The average molecular weight is 296 g/mol. The van der Waals surface area contributed by atoms with Crippen LogP contribution >= 0.6 is 11.6 Å².